The molecule has 0 heterocycles. The van der Waals surface area contributed by atoms with E-state index in [0.717, 1.165) is 10.0 Å². The minimum atomic E-state index is 1.07. The lowest BCUT2D eigenvalue weighted by Gasteiger charge is -1.98. The molecule has 0 unspecified atom stereocenters. The van der Waals surface area contributed by atoms with Gasteiger partial charge in [0.05, 0.1) is 0 Å². The second-order valence-corrected chi connectivity index (χ2v) is 4.00. The maximum atomic E-state index is 3.45. The van der Waals surface area contributed by atoms with E-state index in [0.29, 0.717) is 0 Å². The highest BCUT2D eigenvalue weighted by atomic mass is 79.9. The minimum Gasteiger partial charge on any atom is -0.101 e. The van der Waals surface area contributed by atoms with E-state index in [1.54, 1.807) is 0 Å². The number of hydrogen-bond donors (Lipinski definition) is 0. The average molecular weight is 245 g/mol. The molecule has 2 aromatic carbocycles. The summed E-state index contributed by atoms with van der Waals surface area (Å²) in [7, 11) is 0. The van der Waals surface area contributed by atoms with Gasteiger partial charge in [-0.1, -0.05) is 34.0 Å². The summed E-state index contributed by atoms with van der Waals surface area (Å²) < 4.78 is 1.11. The Morgan fingerprint density at radius 3 is 2.50 bits per heavy atom. The summed E-state index contributed by atoms with van der Waals surface area (Å²) in [6.45, 7) is 1.85. The summed E-state index contributed by atoms with van der Waals surface area (Å²) >= 11 is 3.45. The van der Waals surface area contributed by atoms with Crippen LogP contribution in [0.2, 0.25) is 0 Å². The molecule has 0 aliphatic heterocycles. The molecule has 14 heavy (non-hydrogen) atoms. The molecular formula is C13H9Br. The number of hydrogen-bond acceptors (Lipinski definition) is 0. The third kappa shape index (κ3) is 1.81. The fourth-order valence-corrected chi connectivity index (χ4v) is 1.82. The van der Waals surface area contributed by atoms with Crippen LogP contribution in [0.1, 0.15) is 12.5 Å². The highest BCUT2D eigenvalue weighted by Crippen LogP contribution is 2.20. The van der Waals surface area contributed by atoms with Gasteiger partial charge in [-0.05, 0) is 42.0 Å². The Morgan fingerprint density at radius 1 is 1.00 bits per heavy atom. The van der Waals surface area contributed by atoms with Gasteiger partial charge in [0.1, 0.15) is 0 Å². The lowest BCUT2D eigenvalue weighted by Crippen LogP contribution is -1.76. The van der Waals surface area contributed by atoms with Crippen LogP contribution in [0.3, 0.4) is 0 Å². The fraction of sp³-hybridized carbons (Fsp3) is 0.0769. The van der Waals surface area contributed by atoms with Gasteiger partial charge in [0.15, 0.2) is 0 Å². The summed E-state index contributed by atoms with van der Waals surface area (Å²) in [5.41, 5.74) is 1.07. The average Bonchev–Trinajstić information content (AvgIpc) is 2.19. The molecule has 0 amide bonds. The number of halogens is 1. The third-order valence-electron chi connectivity index (χ3n) is 2.07. The summed E-state index contributed by atoms with van der Waals surface area (Å²) in [5.74, 6) is 5.95. The van der Waals surface area contributed by atoms with Gasteiger partial charge in [-0.25, -0.2) is 0 Å². The topological polar surface area (TPSA) is 0 Å². The van der Waals surface area contributed by atoms with Gasteiger partial charge in [-0.2, -0.15) is 0 Å². The smallest absolute Gasteiger partial charge is 0.0251 e. The standard InChI is InChI=1S/C13H9Br/c1-2-3-10-4-5-12-9-13(14)7-6-11(12)8-10/h4-9H,1H3. The van der Waals surface area contributed by atoms with Crippen LogP contribution in [0.4, 0.5) is 0 Å². The van der Waals surface area contributed by atoms with E-state index in [1.165, 1.54) is 10.8 Å². The van der Waals surface area contributed by atoms with Gasteiger partial charge in [0, 0.05) is 10.0 Å². The Labute approximate surface area is 92.1 Å². The van der Waals surface area contributed by atoms with Gasteiger partial charge in [0.2, 0.25) is 0 Å². The minimum absolute atomic E-state index is 1.07. The first-order chi connectivity index (χ1) is 6.79. The maximum absolute atomic E-state index is 3.45. The summed E-state index contributed by atoms with van der Waals surface area (Å²) in [6.07, 6.45) is 0. The van der Waals surface area contributed by atoms with Crippen LogP contribution in [-0.4, -0.2) is 0 Å². The van der Waals surface area contributed by atoms with E-state index in [4.69, 9.17) is 0 Å². The van der Waals surface area contributed by atoms with Crippen molar-refractivity contribution in [3.8, 4) is 11.8 Å². The van der Waals surface area contributed by atoms with E-state index < -0.39 is 0 Å². The first kappa shape index (κ1) is 9.30. The molecule has 0 aromatic heterocycles. The molecule has 0 N–H and O–H groups in total. The first-order valence-corrected chi connectivity index (χ1v) is 5.21. The van der Waals surface area contributed by atoms with Crippen LogP contribution >= 0.6 is 15.9 Å². The largest absolute Gasteiger partial charge is 0.101 e. The van der Waals surface area contributed by atoms with Crippen molar-refractivity contribution in [2.75, 3.05) is 0 Å². The zero-order valence-corrected chi connectivity index (χ0v) is 9.43. The van der Waals surface area contributed by atoms with E-state index >= 15 is 0 Å². The van der Waals surface area contributed by atoms with E-state index in [1.807, 2.05) is 19.1 Å². The fourth-order valence-electron chi connectivity index (χ4n) is 1.44. The van der Waals surface area contributed by atoms with Crippen LogP contribution in [0.5, 0.6) is 0 Å². The molecule has 0 spiro atoms. The lowest BCUT2D eigenvalue weighted by molar-refractivity contribution is 1.66. The molecule has 2 rings (SSSR count). The molecule has 68 valence electrons. The molecule has 0 bridgehead atoms. The van der Waals surface area contributed by atoms with E-state index in [9.17, 15) is 0 Å². The van der Waals surface area contributed by atoms with E-state index in [2.05, 4.69) is 52.0 Å². The van der Waals surface area contributed by atoms with Crippen molar-refractivity contribution in [3.63, 3.8) is 0 Å². The molecule has 0 radical (unpaired) electrons. The van der Waals surface area contributed by atoms with Crippen molar-refractivity contribution < 1.29 is 0 Å². The summed E-state index contributed by atoms with van der Waals surface area (Å²) in [6, 6.07) is 12.5. The quantitative estimate of drug-likeness (QED) is 0.616. The van der Waals surface area contributed by atoms with Crippen molar-refractivity contribution in [1.82, 2.24) is 0 Å². The molecule has 0 atom stereocenters. The van der Waals surface area contributed by atoms with Gasteiger partial charge in [-0.15, -0.1) is 5.92 Å². The van der Waals surface area contributed by atoms with Crippen molar-refractivity contribution in [1.29, 1.82) is 0 Å². The molecule has 0 nitrogen and oxygen atoms in total. The van der Waals surface area contributed by atoms with Gasteiger partial charge in [-0.3, -0.25) is 0 Å². The Kier molecular flexibility index (Phi) is 2.56. The highest BCUT2D eigenvalue weighted by Gasteiger charge is 1.94. The van der Waals surface area contributed by atoms with Crippen LogP contribution in [0.25, 0.3) is 10.8 Å². The molecule has 0 fully saturated rings. The molecule has 2 aromatic rings. The number of benzene rings is 2. The van der Waals surface area contributed by atoms with Gasteiger partial charge >= 0.3 is 0 Å². The number of fused-ring (bicyclic) bond motifs is 1. The second-order valence-electron chi connectivity index (χ2n) is 3.08. The molecule has 0 saturated heterocycles. The van der Waals surface area contributed by atoms with Crippen LogP contribution < -0.4 is 0 Å². The highest BCUT2D eigenvalue weighted by molar-refractivity contribution is 9.10. The van der Waals surface area contributed by atoms with Crippen LogP contribution in [0, 0.1) is 11.8 Å². The Balaban J connectivity index is 2.65. The molecular weight excluding hydrogens is 236 g/mol. The predicted molar refractivity (Wildman–Crippen MR) is 64.2 cm³/mol. The zero-order chi connectivity index (χ0) is 9.97. The predicted octanol–water partition coefficient (Wildman–Crippen LogP) is 3.97. The molecule has 0 aliphatic rings. The van der Waals surface area contributed by atoms with Crippen molar-refractivity contribution in [3.05, 3.63) is 46.4 Å². The lowest BCUT2D eigenvalue weighted by atomic mass is 10.1. The van der Waals surface area contributed by atoms with Crippen molar-refractivity contribution in [2.24, 2.45) is 0 Å². The normalized spacial score (nSPS) is 9.57. The van der Waals surface area contributed by atoms with Gasteiger partial charge < -0.3 is 0 Å². The summed E-state index contributed by atoms with van der Waals surface area (Å²) in [5, 5.41) is 2.47. The first-order valence-electron chi connectivity index (χ1n) is 4.42. The van der Waals surface area contributed by atoms with Gasteiger partial charge in [0.25, 0.3) is 0 Å². The van der Waals surface area contributed by atoms with Crippen molar-refractivity contribution in [2.45, 2.75) is 6.92 Å². The molecule has 0 aliphatic carbocycles. The monoisotopic (exact) mass is 244 g/mol. The second kappa shape index (κ2) is 3.86. The van der Waals surface area contributed by atoms with Crippen molar-refractivity contribution >= 4 is 26.7 Å². The van der Waals surface area contributed by atoms with E-state index in [-0.39, 0.29) is 0 Å². The van der Waals surface area contributed by atoms with Crippen LogP contribution in [-0.2, 0) is 0 Å². The Bertz CT molecular complexity index is 530. The Hall–Kier alpha value is -1.26. The summed E-state index contributed by atoms with van der Waals surface area (Å²) in [4.78, 5) is 0. The molecule has 0 saturated carbocycles. The SMILES string of the molecule is CC#Cc1ccc2cc(Br)ccc2c1. The van der Waals surface area contributed by atoms with Crippen LogP contribution in [0.15, 0.2) is 40.9 Å². The Morgan fingerprint density at radius 2 is 1.71 bits per heavy atom. The number of rotatable bonds is 0. The third-order valence-corrected chi connectivity index (χ3v) is 2.56. The molecule has 1 heteroatoms. The zero-order valence-electron chi connectivity index (χ0n) is 7.84. The maximum Gasteiger partial charge on any atom is 0.0251 e.